The van der Waals surface area contributed by atoms with Crippen LogP contribution in [0.5, 0.6) is 0 Å². The van der Waals surface area contributed by atoms with Gasteiger partial charge in [0.2, 0.25) is 17.6 Å². The quantitative estimate of drug-likeness (QED) is 0.710. The van der Waals surface area contributed by atoms with E-state index in [0.29, 0.717) is 24.2 Å². The van der Waals surface area contributed by atoms with Gasteiger partial charge in [0.25, 0.3) is 0 Å². The van der Waals surface area contributed by atoms with Crippen molar-refractivity contribution in [3.05, 3.63) is 34.6 Å². The molecule has 2 aliphatic rings. The van der Waals surface area contributed by atoms with Crippen LogP contribution < -0.4 is 0 Å². The van der Waals surface area contributed by atoms with E-state index < -0.39 is 0 Å². The fourth-order valence-electron chi connectivity index (χ4n) is 4.11. The smallest absolute Gasteiger partial charge is 0.241 e. The zero-order chi connectivity index (χ0) is 19.5. The van der Waals surface area contributed by atoms with Crippen LogP contribution in [-0.2, 0) is 11.3 Å². The van der Waals surface area contributed by atoms with E-state index in [9.17, 15) is 4.79 Å². The predicted octanol–water partition coefficient (Wildman–Crippen LogP) is 3.97. The number of hydrogen-bond donors (Lipinski definition) is 0. The molecule has 6 nitrogen and oxygen atoms in total. The summed E-state index contributed by atoms with van der Waals surface area (Å²) >= 11 is 3.44. The lowest BCUT2D eigenvalue weighted by molar-refractivity contribution is -0.138. The van der Waals surface area contributed by atoms with Gasteiger partial charge in [0, 0.05) is 29.7 Å². The summed E-state index contributed by atoms with van der Waals surface area (Å²) in [6, 6.07) is 7.86. The van der Waals surface area contributed by atoms with Gasteiger partial charge in [-0.05, 0) is 62.4 Å². The third-order valence-electron chi connectivity index (χ3n) is 5.88. The number of halogens is 1. The molecule has 150 valence electrons. The van der Waals surface area contributed by atoms with Crippen LogP contribution >= 0.6 is 15.9 Å². The Labute approximate surface area is 174 Å². The summed E-state index contributed by atoms with van der Waals surface area (Å²) in [6.07, 6.45) is 4.27. The van der Waals surface area contributed by atoms with Gasteiger partial charge in [-0.2, -0.15) is 4.98 Å². The van der Waals surface area contributed by atoms with Crippen molar-refractivity contribution in [1.82, 2.24) is 19.9 Å². The van der Waals surface area contributed by atoms with Crippen molar-refractivity contribution in [2.24, 2.45) is 11.8 Å². The first-order chi connectivity index (χ1) is 13.6. The van der Waals surface area contributed by atoms with E-state index in [1.807, 2.05) is 24.3 Å². The number of carbonyl (C=O) groups excluding carboxylic acids is 1. The van der Waals surface area contributed by atoms with Crippen molar-refractivity contribution in [3.8, 4) is 11.4 Å². The first kappa shape index (κ1) is 19.6. The number of likely N-dealkylation sites (tertiary alicyclic amines) is 2. The van der Waals surface area contributed by atoms with Crippen molar-refractivity contribution in [2.45, 2.75) is 39.2 Å². The minimum atomic E-state index is 0.0935. The number of piperidine rings is 2. The molecule has 7 heteroatoms. The summed E-state index contributed by atoms with van der Waals surface area (Å²) in [5.74, 6) is 2.38. The van der Waals surface area contributed by atoms with E-state index in [1.54, 1.807) is 0 Å². The van der Waals surface area contributed by atoms with E-state index in [-0.39, 0.29) is 5.92 Å². The minimum absolute atomic E-state index is 0.0935. The molecule has 0 aliphatic carbocycles. The first-order valence-electron chi connectivity index (χ1n) is 10.2. The summed E-state index contributed by atoms with van der Waals surface area (Å²) in [6.45, 7) is 6.45. The fraction of sp³-hybridized carbons (Fsp3) is 0.571. The Kier molecular flexibility index (Phi) is 6.11. The van der Waals surface area contributed by atoms with Gasteiger partial charge in [-0.15, -0.1) is 0 Å². The van der Waals surface area contributed by atoms with Crippen molar-refractivity contribution in [3.63, 3.8) is 0 Å². The number of hydrogen-bond acceptors (Lipinski definition) is 5. The number of amides is 1. The Morgan fingerprint density at radius 1 is 1.18 bits per heavy atom. The van der Waals surface area contributed by atoms with Crippen LogP contribution in [0.4, 0.5) is 0 Å². The maximum atomic E-state index is 12.9. The molecule has 1 aromatic heterocycles. The molecule has 1 atom stereocenters. The van der Waals surface area contributed by atoms with Gasteiger partial charge in [-0.25, -0.2) is 0 Å². The molecule has 0 bridgehead atoms. The van der Waals surface area contributed by atoms with E-state index >= 15 is 0 Å². The summed E-state index contributed by atoms with van der Waals surface area (Å²) < 4.78 is 6.49. The normalized spacial score (nSPS) is 21.8. The molecule has 0 radical (unpaired) electrons. The lowest BCUT2D eigenvalue weighted by Crippen LogP contribution is -2.46. The maximum Gasteiger partial charge on any atom is 0.241 e. The Bertz CT molecular complexity index is 799. The van der Waals surface area contributed by atoms with Gasteiger partial charge in [0.05, 0.1) is 12.5 Å². The minimum Gasteiger partial charge on any atom is -0.342 e. The maximum absolute atomic E-state index is 12.9. The van der Waals surface area contributed by atoms with Gasteiger partial charge in [0.1, 0.15) is 0 Å². The van der Waals surface area contributed by atoms with Crippen LogP contribution in [0.1, 0.15) is 38.5 Å². The van der Waals surface area contributed by atoms with Crippen LogP contribution in [0.3, 0.4) is 0 Å². The zero-order valence-electron chi connectivity index (χ0n) is 16.3. The highest BCUT2D eigenvalue weighted by Gasteiger charge is 2.31. The van der Waals surface area contributed by atoms with E-state index in [1.165, 1.54) is 0 Å². The number of carbonyl (C=O) groups is 1. The van der Waals surface area contributed by atoms with Gasteiger partial charge in [-0.3, -0.25) is 9.69 Å². The third-order valence-corrected chi connectivity index (χ3v) is 6.41. The number of rotatable bonds is 4. The summed E-state index contributed by atoms with van der Waals surface area (Å²) in [7, 11) is 0. The van der Waals surface area contributed by atoms with E-state index in [4.69, 9.17) is 4.52 Å². The summed E-state index contributed by atoms with van der Waals surface area (Å²) in [5, 5.41) is 4.11. The molecule has 1 aromatic carbocycles. The molecular formula is C21H27BrN4O2. The van der Waals surface area contributed by atoms with Crippen LogP contribution in [0, 0.1) is 11.8 Å². The molecule has 2 aromatic rings. The SMILES string of the molecule is CC1CCN(C(=O)C2CCCN(Cc3nc(-c4ccc(Br)cc4)no3)C2)CC1. The first-order valence-corrected chi connectivity index (χ1v) is 11.0. The number of aromatic nitrogens is 2. The van der Waals surface area contributed by atoms with Crippen molar-refractivity contribution < 1.29 is 9.32 Å². The number of nitrogens with zero attached hydrogens (tertiary/aromatic N) is 4. The highest BCUT2D eigenvalue weighted by molar-refractivity contribution is 9.10. The molecule has 1 unspecified atom stereocenters. The van der Waals surface area contributed by atoms with E-state index in [2.05, 4.69) is 42.8 Å². The molecule has 2 fully saturated rings. The second kappa shape index (κ2) is 8.74. The Balaban J connectivity index is 1.35. The van der Waals surface area contributed by atoms with Crippen LogP contribution in [-0.4, -0.2) is 52.0 Å². The predicted molar refractivity (Wildman–Crippen MR) is 110 cm³/mol. The molecular weight excluding hydrogens is 420 g/mol. The molecule has 3 heterocycles. The molecule has 28 heavy (non-hydrogen) atoms. The molecule has 2 saturated heterocycles. The molecule has 0 saturated carbocycles. The molecule has 0 N–H and O–H groups in total. The number of benzene rings is 1. The van der Waals surface area contributed by atoms with Gasteiger partial charge in [-0.1, -0.05) is 28.0 Å². The molecule has 4 rings (SSSR count). The van der Waals surface area contributed by atoms with Crippen molar-refractivity contribution in [2.75, 3.05) is 26.2 Å². The fourth-order valence-corrected chi connectivity index (χ4v) is 4.38. The second-order valence-electron chi connectivity index (χ2n) is 8.10. The van der Waals surface area contributed by atoms with Crippen LogP contribution in [0.25, 0.3) is 11.4 Å². The Hall–Kier alpha value is -1.73. The zero-order valence-corrected chi connectivity index (χ0v) is 17.9. The average molecular weight is 447 g/mol. The van der Waals surface area contributed by atoms with Gasteiger partial charge < -0.3 is 9.42 Å². The molecule has 2 aliphatic heterocycles. The lowest BCUT2D eigenvalue weighted by atomic mass is 9.93. The Morgan fingerprint density at radius 3 is 2.68 bits per heavy atom. The second-order valence-corrected chi connectivity index (χ2v) is 9.02. The average Bonchev–Trinajstić information content (AvgIpc) is 3.17. The van der Waals surface area contributed by atoms with Crippen LogP contribution in [0.15, 0.2) is 33.3 Å². The lowest BCUT2D eigenvalue weighted by Gasteiger charge is -2.37. The van der Waals surface area contributed by atoms with Crippen molar-refractivity contribution in [1.29, 1.82) is 0 Å². The highest BCUT2D eigenvalue weighted by atomic mass is 79.9. The van der Waals surface area contributed by atoms with Crippen LogP contribution in [0.2, 0.25) is 0 Å². The molecule has 1 amide bonds. The standard InChI is InChI=1S/C21H27BrN4O2/c1-15-8-11-26(12-9-15)21(27)17-3-2-10-25(13-17)14-19-23-20(24-28-19)16-4-6-18(22)7-5-16/h4-7,15,17H,2-3,8-14H2,1H3. The van der Waals surface area contributed by atoms with Crippen molar-refractivity contribution >= 4 is 21.8 Å². The van der Waals surface area contributed by atoms with Gasteiger partial charge in [0.15, 0.2) is 0 Å². The topological polar surface area (TPSA) is 62.5 Å². The van der Waals surface area contributed by atoms with Gasteiger partial charge >= 0.3 is 0 Å². The summed E-state index contributed by atoms with van der Waals surface area (Å²) in [4.78, 5) is 21.8. The summed E-state index contributed by atoms with van der Waals surface area (Å²) in [5.41, 5.74) is 0.934. The largest absolute Gasteiger partial charge is 0.342 e. The Morgan fingerprint density at radius 2 is 1.93 bits per heavy atom. The highest BCUT2D eigenvalue weighted by Crippen LogP contribution is 2.24. The molecule has 0 spiro atoms. The third kappa shape index (κ3) is 4.63. The monoisotopic (exact) mass is 446 g/mol. The van der Waals surface area contributed by atoms with E-state index in [0.717, 1.165) is 67.8 Å².